The standard InChI is InChI=1S/C18H20ClN3O/c1-12-10-22(15(11-23-12)13-5-3-2-4-6-13)17-9-16(19)20-18(21-17)14-7-8-14/h2-6,9,12,14-15H,7-8,10-11H2,1H3. The molecule has 1 saturated heterocycles. The van der Waals surface area contributed by atoms with E-state index in [0.717, 1.165) is 18.2 Å². The van der Waals surface area contributed by atoms with Gasteiger partial charge in [-0.05, 0) is 25.3 Å². The fourth-order valence-electron chi connectivity index (χ4n) is 3.10. The van der Waals surface area contributed by atoms with Crippen LogP contribution in [0.1, 0.15) is 43.1 Å². The molecule has 2 aliphatic rings. The van der Waals surface area contributed by atoms with Gasteiger partial charge in [-0.2, -0.15) is 0 Å². The molecule has 5 heteroatoms. The smallest absolute Gasteiger partial charge is 0.135 e. The molecule has 1 saturated carbocycles. The maximum atomic E-state index is 6.26. The van der Waals surface area contributed by atoms with Gasteiger partial charge in [-0.15, -0.1) is 0 Å². The first-order valence-electron chi connectivity index (χ1n) is 8.18. The molecule has 120 valence electrons. The molecule has 1 aliphatic heterocycles. The first kappa shape index (κ1) is 14.9. The molecule has 0 radical (unpaired) electrons. The number of nitrogens with zero attached hydrogens (tertiary/aromatic N) is 3. The van der Waals surface area contributed by atoms with Gasteiger partial charge >= 0.3 is 0 Å². The van der Waals surface area contributed by atoms with Gasteiger partial charge in [0.1, 0.15) is 16.8 Å². The van der Waals surface area contributed by atoms with Crippen LogP contribution in [-0.4, -0.2) is 29.2 Å². The number of morpholine rings is 1. The molecular weight excluding hydrogens is 310 g/mol. The highest BCUT2D eigenvalue weighted by Crippen LogP contribution is 2.40. The summed E-state index contributed by atoms with van der Waals surface area (Å²) in [7, 11) is 0. The van der Waals surface area contributed by atoms with E-state index in [0.29, 0.717) is 17.7 Å². The minimum Gasteiger partial charge on any atom is -0.374 e. The molecule has 2 unspecified atom stereocenters. The SMILES string of the molecule is CC1CN(c2cc(Cl)nc(C3CC3)n2)C(c2ccccc2)CO1. The zero-order valence-electron chi connectivity index (χ0n) is 13.2. The van der Waals surface area contributed by atoms with E-state index < -0.39 is 0 Å². The highest BCUT2D eigenvalue weighted by Gasteiger charge is 2.32. The van der Waals surface area contributed by atoms with Gasteiger partial charge in [0, 0.05) is 18.5 Å². The van der Waals surface area contributed by atoms with E-state index in [1.165, 1.54) is 18.4 Å². The number of anilines is 1. The Labute approximate surface area is 141 Å². The van der Waals surface area contributed by atoms with E-state index >= 15 is 0 Å². The van der Waals surface area contributed by atoms with Crippen molar-refractivity contribution in [2.24, 2.45) is 0 Å². The second kappa shape index (κ2) is 6.10. The fraction of sp³-hybridized carbons (Fsp3) is 0.444. The van der Waals surface area contributed by atoms with E-state index in [9.17, 15) is 0 Å². The second-order valence-corrected chi connectivity index (χ2v) is 6.79. The van der Waals surface area contributed by atoms with Gasteiger partial charge in [0.05, 0.1) is 18.8 Å². The Bertz CT molecular complexity index is 690. The van der Waals surface area contributed by atoms with Crippen LogP contribution in [-0.2, 0) is 4.74 Å². The minimum atomic E-state index is 0.158. The summed E-state index contributed by atoms with van der Waals surface area (Å²) in [5.41, 5.74) is 1.24. The Morgan fingerprint density at radius 3 is 2.70 bits per heavy atom. The molecule has 0 N–H and O–H groups in total. The first-order valence-corrected chi connectivity index (χ1v) is 8.56. The van der Waals surface area contributed by atoms with Crippen LogP contribution in [0.15, 0.2) is 36.4 Å². The third-order valence-corrected chi connectivity index (χ3v) is 4.68. The van der Waals surface area contributed by atoms with E-state index in [1.807, 2.05) is 12.1 Å². The van der Waals surface area contributed by atoms with Gasteiger partial charge in [0.15, 0.2) is 0 Å². The molecule has 1 aliphatic carbocycles. The predicted molar refractivity (Wildman–Crippen MR) is 91.0 cm³/mol. The van der Waals surface area contributed by atoms with Crippen LogP contribution in [0.5, 0.6) is 0 Å². The van der Waals surface area contributed by atoms with Crippen LogP contribution in [0.25, 0.3) is 0 Å². The Morgan fingerprint density at radius 2 is 1.96 bits per heavy atom. The number of halogens is 1. The molecule has 4 nitrogen and oxygen atoms in total. The highest BCUT2D eigenvalue weighted by atomic mass is 35.5. The predicted octanol–water partition coefficient (Wildman–Crippen LogP) is 3.97. The zero-order valence-corrected chi connectivity index (χ0v) is 13.9. The van der Waals surface area contributed by atoms with Crippen LogP contribution in [0.3, 0.4) is 0 Å². The number of aromatic nitrogens is 2. The van der Waals surface area contributed by atoms with Crippen molar-refractivity contribution in [1.29, 1.82) is 0 Å². The minimum absolute atomic E-state index is 0.158. The van der Waals surface area contributed by atoms with Gasteiger partial charge in [-0.3, -0.25) is 0 Å². The number of hydrogen-bond acceptors (Lipinski definition) is 4. The molecule has 1 aromatic carbocycles. The Hall–Kier alpha value is -1.65. The van der Waals surface area contributed by atoms with Crippen LogP contribution in [0.2, 0.25) is 5.15 Å². The summed E-state index contributed by atoms with van der Waals surface area (Å²) in [4.78, 5) is 11.5. The van der Waals surface area contributed by atoms with E-state index in [1.54, 1.807) is 0 Å². The van der Waals surface area contributed by atoms with Crippen LogP contribution < -0.4 is 4.90 Å². The lowest BCUT2D eigenvalue weighted by Crippen LogP contribution is -2.44. The maximum Gasteiger partial charge on any atom is 0.135 e. The number of ether oxygens (including phenoxy) is 1. The summed E-state index contributed by atoms with van der Waals surface area (Å²) >= 11 is 6.26. The van der Waals surface area contributed by atoms with Crippen molar-refractivity contribution < 1.29 is 4.74 Å². The zero-order chi connectivity index (χ0) is 15.8. The van der Waals surface area contributed by atoms with Crippen molar-refractivity contribution >= 4 is 17.4 Å². The molecular formula is C18H20ClN3O. The van der Waals surface area contributed by atoms with Crippen LogP contribution in [0, 0.1) is 0 Å². The normalized spacial score (nSPS) is 24.7. The summed E-state index contributed by atoms with van der Waals surface area (Å²) in [6.07, 6.45) is 2.51. The molecule has 1 aromatic heterocycles. The van der Waals surface area contributed by atoms with Gasteiger partial charge in [-0.1, -0.05) is 41.9 Å². The summed E-state index contributed by atoms with van der Waals surface area (Å²) in [6.45, 7) is 3.56. The number of benzene rings is 1. The quantitative estimate of drug-likeness (QED) is 0.798. The largest absolute Gasteiger partial charge is 0.374 e. The van der Waals surface area contributed by atoms with Gasteiger partial charge < -0.3 is 9.64 Å². The summed E-state index contributed by atoms with van der Waals surface area (Å²) < 4.78 is 5.90. The lowest BCUT2D eigenvalue weighted by molar-refractivity contribution is 0.0299. The summed E-state index contributed by atoms with van der Waals surface area (Å²) in [5.74, 6) is 2.29. The lowest BCUT2D eigenvalue weighted by atomic mass is 10.0. The molecule has 0 bridgehead atoms. The van der Waals surface area contributed by atoms with Crippen molar-refractivity contribution in [3.05, 3.63) is 52.9 Å². The monoisotopic (exact) mass is 329 g/mol. The van der Waals surface area contributed by atoms with Crippen molar-refractivity contribution in [2.75, 3.05) is 18.1 Å². The molecule has 4 rings (SSSR count). The highest BCUT2D eigenvalue weighted by molar-refractivity contribution is 6.29. The van der Waals surface area contributed by atoms with Gasteiger partial charge in [-0.25, -0.2) is 9.97 Å². The Balaban J connectivity index is 1.71. The molecule has 23 heavy (non-hydrogen) atoms. The topological polar surface area (TPSA) is 38.2 Å². The van der Waals surface area contributed by atoms with E-state index in [-0.39, 0.29) is 12.1 Å². The van der Waals surface area contributed by atoms with E-state index in [2.05, 4.69) is 41.1 Å². The summed E-state index contributed by atoms with van der Waals surface area (Å²) in [6, 6.07) is 12.5. The van der Waals surface area contributed by atoms with Crippen molar-refractivity contribution in [3.8, 4) is 0 Å². The average Bonchev–Trinajstić information content (AvgIpc) is 3.40. The van der Waals surface area contributed by atoms with Gasteiger partial charge in [0.2, 0.25) is 0 Å². The Kier molecular flexibility index (Phi) is 3.95. The lowest BCUT2D eigenvalue weighted by Gasteiger charge is -2.39. The molecule has 2 aromatic rings. The average molecular weight is 330 g/mol. The molecule has 2 atom stereocenters. The van der Waals surface area contributed by atoms with Gasteiger partial charge in [0.25, 0.3) is 0 Å². The number of rotatable bonds is 3. The fourth-order valence-corrected chi connectivity index (χ4v) is 3.29. The van der Waals surface area contributed by atoms with Crippen molar-refractivity contribution in [2.45, 2.75) is 37.8 Å². The molecule has 0 spiro atoms. The summed E-state index contributed by atoms with van der Waals surface area (Å²) in [5, 5.41) is 0.530. The van der Waals surface area contributed by atoms with E-state index in [4.69, 9.17) is 21.3 Å². The third-order valence-electron chi connectivity index (χ3n) is 4.49. The molecule has 2 heterocycles. The second-order valence-electron chi connectivity index (χ2n) is 6.40. The molecule has 2 fully saturated rings. The van der Waals surface area contributed by atoms with Crippen LogP contribution >= 0.6 is 11.6 Å². The first-order chi connectivity index (χ1) is 11.2. The Morgan fingerprint density at radius 1 is 1.17 bits per heavy atom. The van der Waals surface area contributed by atoms with Crippen molar-refractivity contribution in [1.82, 2.24) is 9.97 Å². The van der Waals surface area contributed by atoms with Crippen molar-refractivity contribution in [3.63, 3.8) is 0 Å². The maximum absolute atomic E-state index is 6.26. The number of hydrogen-bond donors (Lipinski definition) is 0. The van der Waals surface area contributed by atoms with Crippen LogP contribution in [0.4, 0.5) is 5.82 Å². The molecule has 0 amide bonds. The third kappa shape index (κ3) is 3.19.